The minimum atomic E-state index is -1.13. The standard InChI is InChI=1S/C9H10O4/c1-4(10)7-5(2)13-6(3)8(7)9(11)12/h1-3H3,(H,11,12). The van der Waals surface area contributed by atoms with Crippen LogP contribution in [0.15, 0.2) is 4.42 Å². The highest BCUT2D eigenvalue weighted by atomic mass is 16.4. The highest BCUT2D eigenvalue weighted by Crippen LogP contribution is 2.21. The first-order chi connectivity index (χ1) is 5.95. The third-order valence-electron chi connectivity index (χ3n) is 1.83. The van der Waals surface area contributed by atoms with Crippen molar-refractivity contribution in [2.45, 2.75) is 20.8 Å². The number of carboxylic acid groups (broad SMARTS) is 1. The molecule has 0 aliphatic carbocycles. The average Bonchev–Trinajstić information content (AvgIpc) is 2.24. The van der Waals surface area contributed by atoms with Gasteiger partial charge in [-0.3, -0.25) is 4.79 Å². The second kappa shape index (κ2) is 3.05. The van der Waals surface area contributed by atoms with Crippen molar-refractivity contribution in [2.75, 3.05) is 0 Å². The van der Waals surface area contributed by atoms with E-state index in [0.717, 1.165) is 0 Å². The number of aromatic carboxylic acids is 1. The number of hydrogen-bond acceptors (Lipinski definition) is 3. The summed E-state index contributed by atoms with van der Waals surface area (Å²) in [7, 11) is 0. The van der Waals surface area contributed by atoms with Gasteiger partial charge in [0.05, 0.1) is 5.56 Å². The smallest absolute Gasteiger partial charge is 0.340 e. The predicted molar refractivity (Wildman–Crippen MR) is 45.1 cm³/mol. The second-order valence-corrected chi connectivity index (χ2v) is 2.83. The lowest BCUT2D eigenvalue weighted by Gasteiger charge is -1.94. The molecule has 70 valence electrons. The van der Waals surface area contributed by atoms with Crippen LogP contribution in [0.5, 0.6) is 0 Å². The molecule has 0 unspecified atom stereocenters. The minimum absolute atomic E-state index is 0.0231. The Balaban J connectivity index is 3.47. The third kappa shape index (κ3) is 1.47. The average molecular weight is 182 g/mol. The summed E-state index contributed by atoms with van der Waals surface area (Å²) >= 11 is 0. The molecule has 1 aromatic rings. The van der Waals surface area contributed by atoms with Crippen LogP contribution in [0, 0.1) is 13.8 Å². The van der Waals surface area contributed by atoms with Crippen LogP contribution in [0.4, 0.5) is 0 Å². The predicted octanol–water partition coefficient (Wildman–Crippen LogP) is 1.80. The van der Waals surface area contributed by atoms with E-state index in [1.54, 1.807) is 6.92 Å². The molecule has 4 nitrogen and oxygen atoms in total. The number of Topliss-reactive ketones (excluding diaryl/α,β-unsaturated/α-hetero) is 1. The van der Waals surface area contributed by atoms with Crippen molar-refractivity contribution >= 4 is 11.8 Å². The van der Waals surface area contributed by atoms with E-state index in [9.17, 15) is 9.59 Å². The highest BCUT2D eigenvalue weighted by Gasteiger charge is 2.23. The van der Waals surface area contributed by atoms with Crippen LogP contribution in [-0.2, 0) is 0 Å². The fourth-order valence-electron chi connectivity index (χ4n) is 1.37. The molecule has 0 spiro atoms. The number of hydrogen-bond donors (Lipinski definition) is 1. The number of carboxylic acids is 1. The van der Waals surface area contributed by atoms with Crippen molar-refractivity contribution in [3.05, 3.63) is 22.6 Å². The molecule has 1 N–H and O–H groups in total. The molecular weight excluding hydrogens is 172 g/mol. The minimum Gasteiger partial charge on any atom is -0.478 e. The molecule has 1 heterocycles. The molecule has 1 rings (SSSR count). The first-order valence-electron chi connectivity index (χ1n) is 3.79. The molecule has 0 atom stereocenters. The lowest BCUT2D eigenvalue weighted by molar-refractivity contribution is 0.0691. The molecule has 0 saturated carbocycles. The SMILES string of the molecule is CC(=O)c1c(C)oc(C)c1C(=O)O. The van der Waals surface area contributed by atoms with E-state index in [2.05, 4.69) is 0 Å². The van der Waals surface area contributed by atoms with Crippen molar-refractivity contribution in [3.63, 3.8) is 0 Å². The summed E-state index contributed by atoms with van der Waals surface area (Å²) in [5.74, 6) is -0.774. The van der Waals surface area contributed by atoms with E-state index in [0.29, 0.717) is 5.76 Å². The Hall–Kier alpha value is -1.58. The van der Waals surface area contributed by atoms with Crippen molar-refractivity contribution < 1.29 is 19.1 Å². The Kier molecular flexibility index (Phi) is 2.23. The summed E-state index contributed by atoms with van der Waals surface area (Å²) in [4.78, 5) is 21.8. The molecule has 0 aliphatic heterocycles. The summed E-state index contributed by atoms with van der Waals surface area (Å²) in [5.41, 5.74) is 0.148. The Labute approximate surface area is 75.2 Å². The van der Waals surface area contributed by atoms with Gasteiger partial charge in [-0.15, -0.1) is 0 Å². The van der Waals surface area contributed by atoms with Gasteiger partial charge in [-0.25, -0.2) is 4.79 Å². The molecule has 0 fully saturated rings. The molecule has 0 bridgehead atoms. The van der Waals surface area contributed by atoms with Crippen LogP contribution >= 0.6 is 0 Å². The van der Waals surface area contributed by atoms with Crippen LogP contribution in [0.3, 0.4) is 0 Å². The van der Waals surface area contributed by atoms with Gasteiger partial charge in [0.25, 0.3) is 0 Å². The van der Waals surface area contributed by atoms with Crippen LogP contribution in [0.1, 0.15) is 39.2 Å². The van der Waals surface area contributed by atoms with Crippen molar-refractivity contribution in [1.29, 1.82) is 0 Å². The maximum atomic E-state index is 11.1. The number of carbonyl (C=O) groups excluding carboxylic acids is 1. The summed E-state index contributed by atoms with van der Waals surface area (Å²) in [5, 5.41) is 8.80. The van der Waals surface area contributed by atoms with Gasteiger partial charge in [0.2, 0.25) is 0 Å². The zero-order valence-electron chi connectivity index (χ0n) is 7.67. The molecule has 13 heavy (non-hydrogen) atoms. The van der Waals surface area contributed by atoms with Crippen LogP contribution < -0.4 is 0 Å². The summed E-state index contributed by atoms with van der Waals surface area (Å²) in [6, 6.07) is 0. The zero-order chi connectivity index (χ0) is 10.2. The van der Waals surface area contributed by atoms with E-state index in [-0.39, 0.29) is 22.7 Å². The summed E-state index contributed by atoms with van der Waals surface area (Å²) in [6.45, 7) is 4.43. The molecular formula is C9H10O4. The fourth-order valence-corrected chi connectivity index (χ4v) is 1.37. The number of rotatable bonds is 2. The van der Waals surface area contributed by atoms with Gasteiger partial charge in [-0.2, -0.15) is 0 Å². The molecule has 0 amide bonds. The first-order valence-corrected chi connectivity index (χ1v) is 3.79. The monoisotopic (exact) mass is 182 g/mol. The van der Waals surface area contributed by atoms with Gasteiger partial charge >= 0.3 is 5.97 Å². The van der Waals surface area contributed by atoms with Crippen molar-refractivity contribution in [2.24, 2.45) is 0 Å². The van der Waals surface area contributed by atoms with E-state index in [1.807, 2.05) is 0 Å². The van der Waals surface area contributed by atoms with Crippen LogP contribution in [-0.4, -0.2) is 16.9 Å². The van der Waals surface area contributed by atoms with Crippen molar-refractivity contribution in [3.8, 4) is 0 Å². The lowest BCUT2D eigenvalue weighted by Crippen LogP contribution is -2.05. The second-order valence-electron chi connectivity index (χ2n) is 2.83. The number of furan rings is 1. The molecule has 0 radical (unpaired) electrons. The fraction of sp³-hybridized carbons (Fsp3) is 0.333. The Bertz CT molecular complexity index is 339. The molecule has 0 aromatic carbocycles. The molecule has 0 aliphatic rings. The van der Waals surface area contributed by atoms with E-state index in [4.69, 9.17) is 9.52 Å². The zero-order valence-corrected chi connectivity index (χ0v) is 7.67. The molecule has 0 saturated heterocycles. The van der Waals surface area contributed by atoms with Crippen LogP contribution in [0.2, 0.25) is 0 Å². The van der Waals surface area contributed by atoms with Gasteiger partial charge in [0, 0.05) is 0 Å². The maximum absolute atomic E-state index is 11.1. The number of ketones is 1. The Morgan fingerprint density at radius 1 is 1.15 bits per heavy atom. The maximum Gasteiger partial charge on any atom is 0.340 e. The number of carbonyl (C=O) groups is 2. The first kappa shape index (κ1) is 9.51. The van der Waals surface area contributed by atoms with Crippen molar-refractivity contribution in [1.82, 2.24) is 0 Å². The summed E-state index contributed by atoms with van der Waals surface area (Å²) < 4.78 is 5.07. The number of aryl methyl sites for hydroxylation is 2. The van der Waals surface area contributed by atoms with Gasteiger partial charge in [0.15, 0.2) is 5.78 Å². The van der Waals surface area contributed by atoms with E-state index < -0.39 is 5.97 Å². The van der Waals surface area contributed by atoms with Gasteiger partial charge in [-0.1, -0.05) is 0 Å². The van der Waals surface area contributed by atoms with E-state index >= 15 is 0 Å². The normalized spacial score (nSPS) is 10.1. The Morgan fingerprint density at radius 2 is 1.62 bits per heavy atom. The van der Waals surface area contributed by atoms with Gasteiger partial charge < -0.3 is 9.52 Å². The van der Waals surface area contributed by atoms with Gasteiger partial charge in [0.1, 0.15) is 17.1 Å². The lowest BCUT2D eigenvalue weighted by atomic mass is 10.1. The van der Waals surface area contributed by atoms with Crippen LogP contribution in [0.25, 0.3) is 0 Å². The third-order valence-corrected chi connectivity index (χ3v) is 1.83. The largest absolute Gasteiger partial charge is 0.478 e. The molecule has 1 aromatic heterocycles. The van der Waals surface area contributed by atoms with Gasteiger partial charge in [-0.05, 0) is 20.8 Å². The topological polar surface area (TPSA) is 67.5 Å². The summed E-state index contributed by atoms with van der Waals surface area (Å²) in [6.07, 6.45) is 0. The highest BCUT2D eigenvalue weighted by molar-refractivity contribution is 6.06. The van der Waals surface area contributed by atoms with E-state index in [1.165, 1.54) is 13.8 Å². The molecule has 4 heteroatoms. The quantitative estimate of drug-likeness (QED) is 0.708. The Morgan fingerprint density at radius 3 is 1.92 bits per heavy atom.